The van der Waals surface area contributed by atoms with Crippen molar-refractivity contribution < 1.29 is 9.53 Å². The molecule has 0 saturated carbocycles. The molecule has 0 radical (unpaired) electrons. The highest BCUT2D eigenvalue weighted by Crippen LogP contribution is 2.21. The fourth-order valence-corrected chi connectivity index (χ4v) is 2.22. The fourth-order valence-electron chi connectivity index (χ4n) is 1.95. The molecule has 17 heavy (non-hydrogen) atoms. The van der Waals surface area contributed by atoms with Crippen molar-refractivity contribution in [1.82, 2.24) is 5.32 Å². The predicted octanol–water partition coefficient (Wildman–Crippen LogP) is 2.27. The summed E-state index contributed by atoms with van der Waals surface area (Å²) in [5, 5.41) is 3.08. The number of amides is 1. The first-order valence-electron chi connectivity index (χ1n) is 5.79. The second-order valence-corrected chi connectivity index (χ2v) is 5.13. The normalized spacial score (nSPS) is 18.7. The van der Waals surface area contributed by atoms with Crippen molar-refractivity contribution in [3.05, 3.63) is 29.8 Å². The zero-order valence-electron chi connectivity index (χ0n) is 9.90. The molecule has 1 N–H and O–H groups in total. The van der Waals surface area contributed by atoms with Crippen LogP contribution in [-0.2, 0) is 4.74 Å². The van der Waals surface area contributed by atoms with Gasteiger partial charge in [-0.05, 0) is 31.9 Å². The van der Waals surface area contributed by atoms with E-state index in [9.17, 15) is 4.79 Å². The van der Waals surface area contributed by atoms with Crippen molar-refractivity contribution in [2.24, 2.45) is 0 Å². The van der Waals surface area contributed by atoms with Gasteiger partial charge in [0, 0.05) is 23.6 Å². The molecule has 2 rings (SSSR count). The molecular formula is C13H17NO2S. The van der Waals surface area contributed by atoms with Gasteiger partial charge in [0.1, 0.15) is 0 Å². The number of benzene rings is 1. The van der Waals surface area contributed by atoms with Crippen LogP contribution >= 0.6 is 12.6 Å². The lowest BCUT2D eigenvalue weighted by atomic mass is 9.92. The molecule has 0 aliphatic carbocycles. The third-order valence-electron chi connectivity index (χ3n) is 3.16. The third kappa shape index (κ3) is 3.01. The Bertz CT molecular complexity index is 414. The lowest BCUT2D eigenvalue weighted by Crippen LogP contribution is -2.49. The van der Waals surface area contributed by atoms with Gasteiger partial charge in [-0.2, -0.15) is 0 Å². The average molecular weight is 251 g/mol. The van der Waals surface area contributed by atoms with E-state index in [4.69, 9.17) is 4.74 Å². The maximum Gasteiger partial charge on any atom is 0.252 e. The second kappa shape index (κ2) is 5.10. The lowest BCUT2D eigenvalue weighted by molar-refractivity contribution is 0.0422. The average Bonchev–Trinajstić information content (AvgIpc) is 2.29. The van der Waals surface area contributed by atoms with Gasteiger partial charge >= 0.3 is 0 Å². The Hall–Kier alpha value is -1.00. The Morgan fingerprint density at radius 2 is 2.00 bits per heavy atom. The molecule has 1 heterocycles. The Morgan fingerprint density at radius 1 is 1.35 bits per heavy atom. The van der Waals surface area contributed by atoms with Crippen molar-refractivity contribution in [1.29, 1.82) is 0 Å². The molecule has 4 heteroatoms. The van der Waals surface area contributed by atoms with Crippen LogP contribution in [0.15, 0.2) is 29.2 Å². The van der Waals surface area contributed by atoms with Crippen LogP contribution in [-0.4, -0.2) is 24.7 Å². The highest BCUT2D eigenvalue weighted by molar-refractivity contribution is 7.80. The number of hydrogen-bond acceptors (Lipinski definition) is 3. The first kappa shape index (κ1) is 12.5. The van der Waals surface area contributed by atoms with Crippen LogP contribution in [0.2, 0.25) is 0 Å². The number of carbonyl (C=O) groups is 1. The maximum atomic E-state index is 12.1. The number of hydrogen-bond donors (Lipinski definition) is 2. The minimum atomic E-state index is -0.161. The largest absolute Gasteiger partial charge is 0.381 e. The van der Waals surface area contributed by atoms with E-state index >= 15 is 0 Å². The van der Waals surface area contributed by atoms with Gasteiger partial charge in [0.05, 0.1) is 5.56 Å². The molecule has 0 atom stereocenters. The van der Waals surface area contributed by atoms with E-state index in [1.807, 2.05) is 18.2 Å². The van der Waals surface area contributed by atoms with Crippen LogP contribution in [0.1, 0.15) is 30.1 Å². The number of ether oxygens (including phenoxy) is 1. The summed E-state index contributed by atoms with van der Waals surface area (Å²) in [5.74, 6) is -0.0556. The van der Waals surface area contributed by atoms with Crippen LogP contribution < -0.4 is 5.32 Å². The molecule has 1 amide bonds. The molecule has 1 saturated heterocycles. The molecule has 1 aliphatic rings. The summed E-state index contributed by atoms with van der Waals surface area (Å²) >= 11 is 4.30. The second-order valence-electron chi connectivity index (χ2n) is 4.64. The van der Waals surface area contributed by atoms with E-state index in [1.54, 1.807) is 6.07 Å². The lowest BCUT2D eigenvalue weighted by Gasteiger charge is -2.34. The van der Waals surface area contributed by atoms with Crippen LogP contribution in [0.4, 0.5) is 0 Å². The van der Waals surface area contributed by atoms with Gasteiger partial charge in [0.2, 0.25) is 0 Å². The van der Waals surface area contributed by atoms with E-state index in [0.29, 0.717) is 23.7 Å². The highest BCUT2D eigenvalue weighted by Gasteiger charge is 2.29. The van der Waals surface area contributed by atoms with Gasteiger partial charge in [-0.1, -0.05) is 12.1 Å². The zero-order valence-corrected chi connectivity index (χ0v) is 10.8. The number of rotatable bonds is 2. The molecule has 0 aromatic heterocycles. The topological polar surface area (TPSA) is 38.3 Å². The molecule has 1 aromatic rings. The van der Waals surface area contributed by atoms with E-state index in [2.05, 4.69) is 24.9 Å². The minimum Gasteiger partial charge on any atom is -0.381 e. The van der Waals surface area contributed by atoms with Gasteiger partial charge in [0.25, 0.3) is 5.91 Å². The van der Waals surface area contributed by atoms with Crippen LogP contribution in [0, 0.1) is 0 Å². The zero-order chi connectivity index (χ0) is 12.3. The summed E-state index contributed by atoms with van der Waals surface area (Å²) in [6.45, 7) is 3.48. The Balaban J connectivity index is 2.09. The van der Waals surface area contributed by atoms with Gasteiger partial charge in [-0.25, -0.2) is 0 Å². The van der Waals surface area contributed by atoms with Crippen LogP contribution in [0.3, 0.4) is 0 Å². The van der Waals surface area contributed by atoms with Crippen molar-refractivity contribution in [2.75, 3.05) is 13.2 Å². The molecule has 92 valence electrons. The molecule has 1 fully saturated rings. The van der Waals surface area contributed by atoms with Crippen molar-refractivity contribution in [2.45, 2.75) is 30.2 Å². The summed E-state index contributed by atoms with van der Waals surface area (Å²) in [4.78, 5) is 12.8. The smallest absolute Gasteiger partial charge is 0.252 e. The molecular weight excluding hydrogens is 234 g/mol. The Morgan fingerprint density at radius 3 is 2.65 bits per heavy atom. The van der Waals surface area contributed by atoms with E-state index in [0.717, 1.165) is 12.8 Å². The van der Waals surface area contributed by atoms with Gasteiger partial charge in [-0.3, -0.25) is 4.79 Å². The van der Waals surface area contributed by atoms with Crippen molar-refractivity contribution >= 4 is 18.5 Å². The predicted molar refractivity (Wildman–Crippen MR) is 69.6 cm³/mol. The van der Waals surface area contributed by atoms with E-state index < -0.39 is 0 Å². The molecule has 1 aliphatic heterocycles. The summed E-state index contributed by atoms with van der Waals surface area (Å²) in [6.07, 6.45) is 1.71. The molecule has 1 aromatic carbocycles. The number of nitrogens with one attached hydrogen (secondary N) is 1. The molecule has 0 spiro atoms. The van der Waals surface area contributed by atoms with Gasteiger partial charge in [-0.15, -0.1) is 12.6 Å². The van der Waals surface area contributed by atoms with E-state index in [-0.39, 0.29) is 11.4 Å². The fraction of sp³-hybridized carbons (Fsp3) is 0.462. The quantitative estimate of drug-likeness (QED) is 0.791. The van der Waals surface area contributed by atoms with Gasteiger partial charge < -0.3 is 10.1 Å². The SMILES string of the molecule is CC1(NC(=O)c2ccccc2S)CCOCC1. The standard InChI is InChI=1S/C13H17NO2S/c1-13(6-8-16-9-7-13)14-12(15)10-4-2-3-5-11(10)17/h2-5,17H,6-9H2,1H3,(H,14,15). The number of carbonyl (C=O) groups excluding carboxylic acids is 1. The monoisotopic (exact) mass is 251 g/mol. The summed E-state index contributed by atoms with van der Waals surface area (Å²) < 4.78 is 5.31. The molecule has 3 nitrogen and oxygen atoms in total. The summed E-state index contributed by atoms with van der Waals surface area (Å²) in [7, 11) is 0. The highest BCUT2D eigenvalue weighted by atomic mass is 32.1. The summed E-state index contributed by atoms with van der Waals surface area (Å²) in [5.41, 5.74) is 0.467. The Kier molecular flexibility index (Phi) is 3.74. The van der Waals surface area contributed by atoms with Crippen molar-refractivity contribution in [3.63, 3.8) is 0 Å². The maximum absolute atomic E-state index is 12.1. The van der Waals surface area contributed by atoms with Crippen LogP contribution in [0.25, 0.3) is 0 Å². The first-order valence-corrected chi connectivity index (χ1v) is 6.24. The summed E-state index contributed by atoms with van der Waals surface area (Å²) in [6, 6.07) is 7.33. The molecule has 0 unspecified atom stereocenters. The van der Waals surface area contributed by atoms with E-state index in [1.165, 1.54) is 0 Å². The van der Waals surface area contributed by atoms with Crippen molar-refractivity contribution in [3.8, 4) is 0 Å². The number of thiol groups is 1. The third-order valence-corrected chi connectivity index (χ3v) is 3.55. The van der Waals surface area contributed by atoms with Crippen LogP contribution in [0.5, 0.6) is 0 Å². The first-order chi connectivity index (χ1) is 8.11. The Labute approximate surface area is 107 Å². The molecule has 0 bridgehead atoms. The van der Waals surface area contributed by atoms with Gasteiger partial charge in [0.15, 0.2) is 0 Å². The minimum absolute atomic E-state index is 0.0556.